The summed E-state index contributed by atoms with van der Waals surface area (Å²) in [6.45, 7) is 2.00. The van der Waals surface area contributed by atoms with E-state index in [-0.39, 0.29) is 5.91 Å². The number of nitrogens with zero attached hydrogens (tertiary/aromatic N) is 2. The lowest BCUT2D eigenvalue weighted by molar-refractivity contribution is 0.0959. The van der Waals surface area contributed by atoms with Gasteiger partial charge < -0.3 is 9.32 Å². The van der Waals surface area contributed by atoms with Gasteiger partial charge in [-0.1, -0.05) is 23.7 Å². The molecule has 0 unspecified atom stereocenters. The van der Waals surface area contributed by atoms with Crippen LogP contribution in [0.15, 0.2) is 39.9 Å². The van der Waals surface area contributed by atoms with Gasteiger partial charge in [-0.2, -0.15) is 5.10 Å². The first kappa shape index (κ1) is 16.5. The molecule has 5 nitrogen and oxygen atoms in total. The van der Waals surface area contributed by atoms with E-state index in [4.69, 9.17) is 16.0 Å². The van der Waals surface area contributed by atoms with Crippen molar-refractivity contribution in [2.24, 2.45) is 5.10 Å². The van der Waals surface area contributed by atoms with Gasteiger partial charge in [-0.05, 0) is 24.6 Å². The number of furan rings is 1. The van der Waals surface area contributed by atoms with Gasteiger partial charge in [0.25, 0.3) is 5.91 Å². The highest BCUT2D eigenvalue weighted by Gasteiger charge is 2.16. The number of anilines is 1. The predicted molar refractivity (Wildman–Crippen MR) is 99.7 cm³/mol. The highest BCUT2D eigenvalue weighted by Crippen LogP contribution is 2.35. The zero-order valence-electron chi connectivity index (χ0n) is 13.5. The van der Waals surface area contributed by atoms with Gasteiger partial charge in [0.1, 0.15) is 10.6 Å². The first-order chi connectivity index (χ1) is 11.5. The molecule has 1 amide bonds. The number of hydrazone groups is 1. The SMILES string of the molecule is Cc1ccc2c(Cl)c(C(=O)N/N=C/c3ccc(N(C)C)o3)sc2c1. The van der Waals surface area contributed by atoms with Crippen LogP contribution in [0.2, 0.25) is 5.02 Å². The van der Waals surface area contributed by atoms with Crippen LogP contribution in [0.3, 0.4) is 0 Å². The van der Waals surface area contributed by atoms with E-state index in [1.165, 1.54) is 17.6 Å². The Kier molecular flexibility index (Phi) is 4.59. The minimum atomic E-state index is -0.338. The molecule has 3 aromatic rings. The van der Waals surface area contributed by atoms with Gasteiger partial charge in [0.15, 0.2) is 5.88 Å². The number of amides is 1. The first-order valence-electron chi connectivity index (χ1n) is 7.25. The summed E-state index contributed by atoms with van der Waals surface area (Å²) in [4.78, 5) is 14.6. The summed E-state index contributed by atoms with van der Waals surface area (Å²) in [6.07, 6.45) is 1.45. The van der Waals surface area contributed by atoms with Crippen molar-refractivity contribution in [3.8, 4) is 0 Å². The van der Waals surface area contributed by atoms with Gasteiger partial charge in [0, 0.05) is 30.2 Å². The van der Waals surface area contributed by atoms with Crippen LogP contribution in [0.25, 0.3) is 10.1 Å². The molecule has 7 heteroatoms. The van der Waals surface area contributed by atoms with Crippen LogP contribution in [0.1, 0.15) is 21.0 Å². The van der Waals surface area contributed by atoms with Crippen LogP contribution in [-0.2, 0) is 0 Å². The largest absolute Gasteiger partial charge is 0.440 e. The second-order valence-corrected chi connectivity index (χ2v) is 6.94. The second kappa shape index (κ2) is 6.67. The number of hydrogen-bond donors (Lipinski definition) is 1. The van der Waals surface area contributed by atoms with Crippen LogP contribution in [0.4, 0.5) is 5.88 Å². The first-order valence-corrected chi connectivity index (χ1v) is 8.44. The smallest absolute Gasteiger partial charge is 0.283 e. The van der Waals surface area contributed by atoms with Crippen LogP contribution in [0, 0.1) is 6.92 Å². The third-order valence-electron chi connectivity index (χ3n) is 3.40. The highest BCUT2D eigenvalue weighted by atomic mass is 35.5. The molecule has 0 radical (unpaired) electrons. The Morgan fingerprint density at radius 2 is 2.12 bits per heavy atom. The molecular formula is C17H16ClN3O2S. The second-order valence-electron chi connectivity index (χ2n) is 5.51. The van der Waals surface area contributed by atoms with Crippen LogP contribution < -0.4 is 10.3 Å². The van der Waals surface area contributed by atoms with E-state index in [1.54, 1.807) is 6.07 Å². The lowest BCUT2D eigenvalue weighted by Gasteiger charge is -2.05. The molecule has 0 atom stereocenters. The molecule has 0 bridgehead atoms. The number of nitrogens with one attached hydrogen (secondary N) is 1. The normalized spacial score (nSPS) is 11.3. The average Bonchev–Trinajstić information content (AvgIpc) is 3.12. The molecule has 3 rings (SSSR count). The molecule has 24 heavy (non-hydrogen) atoms. The molecule has 0 aliphatic rings. The molecule has 2 heterocycles. The number of carbonyl (C=O) groups excluding carboxylic acids is 1. The minimum Gasteiger partial charge on any atom is -0.440 e. The summed E-state index contributed by atoms with van der Waals surface area (Å²) in [5, 5.41) is 5.26. The summed E-state index contributed by atoms with van der Waals surface area (Å²) >= 11 is 7.66. The third-order valence-corrected chi connectivity index (χ3v) is 5.06. The Morgan fingerprint density at radius 3 is 2.83 bits per heavy atom. The average molecular weight is 362 g/mol. The van der Waals surface area contributed by atoms with Crippen molar-refractivity contribution in [1.29, 1.82) is 0 Å². The van der Waals surface area contributed by atoms with Crippen molar-refractivity contribution < 1.29 is 9.21 Å². The predicted octanol–water partition coefficient (Wildman–Crippen LogP) is 4.29. The topological polar surface area (TPSA) is 57.8 Å². The number of thiophene rings is 1. The van der Waals surface area contributed by atoms with E-state index in [0.29, 0.717) is 21.5 Å². The monoisotopic (exact) mass is 361 g/mol. The summed E-state index contributed by atoms with van der Waals surface area (Å²) < 4.78 is 6.50. The summed E-state index contributed by atoms with van der Waals surface area (Å²) in [5.74, 6) is 0.928. The Labute approximate surface area is 148 Å². The fourth-order valence-electron chi connectivity index (χ4n) is 2.18. The van der Waals surface area contributed by atoms with E-state index < -0.39 is 0 Å². The van der Waals surface area contributed by atoms with Gasteiger partial charge in [0.05, 0.1) is 11.2 Å². The number of carbonyl (C=O) groups is 1. The summed E-state index contributed by atoms with van der Waals surface area (Å²) in [7, 11) is 3.76. The Bertz CT molecular complexity index is 927. The molecule has 0 saturated carbocycles. The number of aryl methyl sites for hydroxylation is 1. The maximum absolute atomic E-state index is 12.3. The third kappa shape index (κ3) is 3.29. The van der Waals surface area contributed by atoms with Crippen molar-refractivity contribution in [2.75, 3.05) is 19.0 Å². The van der Waals surface area contributed by atoms with Crippen molar-refractivity contribution in [2.45, 2.75) is 6.92 Å². The van der Waals surface area contributed by atoms with E-state index in [2.05, 4.69) is 10.5 Å². The highest BCUT2D eigenvalue weighted by molar-refractivity contribution is 7.21. The molecule has 0 aliphatic carbocycles. The summed E-state index contributed by atoms with van der Waals surface area (Å²) in [5.41, 5.74) is 3.61. The van der Waals surface area contributed by atoms with Crippen molar-refractivity contribution in [3.63, 3.8) is 0 Å². The van der Waals surface area contributed by atoms with Crippen molar-refractivity contribution in [1.82, 2.24) is 5.43 Å². The van der Waals surface area contributed by atoms with Crippen molar-refractivity contribution in [3.05, 3.63) is 51.6 Å². The molecular weight excluding hydrogens is 346 g/mol. The Hall–Kier alpha value is -2.31. The standard InChI is InChI=1S/C17H16ClN3O2S/c1-10-4-6-12-13(8-10)24-16(15(12)18)17(22)20-19-9-11-5-7-14(23-11)21(2)3/h4-9H,1-3H3,(H,20,22)/b19-9+. The van der Waals surface area contributed by atoms with Crippen LogP contribution >= 0.6 is 22.9 Å². The molecule has 1 aromatic carbocycles. The zero-order chi connectivity index (χ0) is 17.3. The van der Waals surface area contributed by atoms with Gasteiger partial charge in [-0.25, -0.2) is 5.43 Å². The fourth-order valence-corrected chi connectivity index (χ4v) is 3.68. The lowest BCUT2D eigenvalue weighted by atomic mass is 10.2. The molecule has 0 fully saturated rings. The van der Waals surface area contributed by atoms with E-state index in [9.17, 15) is 4.79 Å². The summed E-state index contributed by atoms with van der Waals surface area (Å²) in [6, 6.07) is 9.52. The number of halogens is 1. The molecule has 0 spiro atoms. The minimum absolute atomic E-state index is 0.338. The van der Waals surface area contributed by atoms with Gasteiger partial charge in [-0.3, -0.25) is 4.79 Å². The maximum Gasteiger partial charge on any atom is 0.283 e. The Morgan fingerprint density at radius 1 is 1.33 bits per heavy atom. The molecule has 1 N–H and O–H groups in total. The van der Waals surface area contributed by atoms with Gasteiger partial charge >= 0.3 is 0 Å². The maximum atomic E-state index is 12.3. The van der Waals surface area contributed by atoms with Crippen LogP contribution in [-0.4, -0.2) is 26.2 Å². The molecule has 0 aliphatic heterocycles. The molecule has 0 saturated heterocycles. The zero-order valence-corrected chi connectivity index (χ0v) is 15.0. The fraction of sp³-hybridized carbons (Fsp3) is 0.176. The molecule has 124 valence electrons. The van der Waals surface area contributed by atoms with E-state index in [1.807, 2.05) is 50.2 Å². The number of benzene rings is 1. The van der Waals surface area contributed by atoms with Gasteiger partial charge in [-0.15, -0.1) is 11.3 Å². The van der Waals surface area contributed by atoms with E-state index >= 15 is 0 Å². The number of fused-ring (bicyclic) bond motifs is 1. The van der Waals surface area contributed by atoms with Gasteiger partial charge in [0.2, 0.25) is 0 Å². The van der Waals surface area contributed by atoms with E-state index in [0.717, 1.165) is 15.6 Å². The lowest BCUT2D eigenvalue weighted by Crippen LogP contribution is -2.16. The number of rotatable bonds is 4. The Balaban J connectivity index is 1.75. The van der Waals surface area contributed by atoms with Crippen molar-refractivity contribution >= 4 is 51.0 Å². The quantitative estimate of drug-likeness (QED) is 0.557. The number of hydrogen-bond acceptors (Lipinski definition) is 5. The molecule has 2 aromatic heterocycles. The van der Waals surface area contributed by atoms with Crippen LogP contribution in [0.5, 0.6) is 0 Å².